The van der Waals surface area contributed by atoms with Crippen LogP contribution in [-0.2, 0) is 4.74 Å². The second-order valence-electron chi connectivity index (χ2n) is 6.93. The third-order valence-corrected chi connectivity index (χ3v) is 5.19. The fourth-order valence-corrected chi connectivity index (χ4v) is 3.81. The van der Waals surface area contributed by atoms with Crippen LogP contribution in [0.15, 0.2) is 27.8 Å². The number of morpholine rings is 1. The van der Waals surface area contributed by atoms with Gasteiger partial charge in [0.1, 0.15) is 11.5 Å². The highest BCUT2D eigenvalue weighted by Crippen LogP contribution is 2.30. The minimum atomic E-state index is 0.176. The third-order valence-electron chi connectivity index (χ3n) is 4.24. The van der Waals surface area contributed by atoms with Crippen LogP contribution < -0.4 is 9.47 Å². The van der Waals surface area contributed by atoms with E-state index in [1.165, 1.54) is 11.8 Å². The number of nitrogens with zero attached hydrogens (tertiary/aromatic N) is 3. The lowest BCUT2D eigenvalue weighted by Crippen LogP contribution is -2.44. The highest BCUT2D eigenvalue weighted by atomic mass is 32.2. The van der Waals surface area contributed by atoms with E-state index in [4.69, 9.17) is 18.6 Å². The van der Waals surface area contributed by atoms with Gasteiger partial charge in [0, 0.05) is 37.0 Å². The Morgan fingerprint density at radius 2 is 1.93 bits per heavy atom. The third kappa shape index (κ3) is 5.60. The molecule has 1 aliphatic heterocycles. The average Bonchev–Trinajstić information content (AvgIpc) is 3.15. The van der Waals surface area contributed by atoms with E-state index in [9.17, 15) is 0 Å². The van der Waals surface area contributed by atoms with Crippen molar-refractivity contribution in [3.05, 3.63) is 18.2 Å². The van der Waals surface area contributed by atoms with Crippen LogP contribution in [0.2, 0.25) is 0 Å². The Morgan fingerprint density at radius 1 is 1.19 bits per heavy atom. The highest BCUT2D eigenvalue weighted by molar-refractivity contribution is 7.99. The normalized spacial score (nSPS) is 18.0. The van der Waals surface area contributed by atoms with Crippen molar-refractivity contribution in [3.63, 3.8) is 0 Å². The quantitative estimate of drug-likeness (QED) is 0.633. The van der Waals surface area contributed by atoms with E-state index < -0.39 is 0 Å². The molecule has 0 saturated carbocycles. The number of hydrogen-bond donors (Lipinski definition) is 0. The number of benzene rings is 1. The molecule has 2 aromatic rings. The van der Waals surface area contributed by atoms with Crippen LogP contribution in [0.25, 0.3) is 11.5 Å². The summed E-state index contributed by atoms with van der Waals surface area (Å²) in [6.45, 7) is 8.31. The number of methoxy groups -OCH3 is 2. The molecule has 0 amide bonds. The monoisotopic (exact) mass is 393 g/mol. The van der Waals surface area contributed by atoms with Crippen molar-refractivity contribution in [2.24, 2.45) is 5.92 Å². The molecule has 148 valence electrons. The summed E-state index contributed by atoms with van der Waals surface area (Å²) >= 11 is 1.53. The van der Waals surface area contributed by atoms with Crippen molar-refractivity contribution in [3.8, 4) is 23.0 Å². The van der Waals surface area contributed by atoms with E-state index in [-0.39, 0.29) is 6.10 Å². The summed E-state index contributed by atoms with van der Waals surface area (Å²) in [7, 11) is 3.22. The molecule has 0 N–H and O–H groups in total. The second kappa shape index (κ2) is 9.43. The van der Waals surface area contributed by atoms with Crippen molar-refractivity contribution >= 4 is 11.8 Å². The van der Waals surface area contributed by atoms with E-state index >= 15 is 0 Å². The van der Waals surface area contributed by atoms with Crippen LogP contribution >= 0.6 is 11.8 Å². The first kappa shape index (κ1) is 20.0. The number of aromatic nitrogens is 2. The van der Waals surface area contributed by atoms with E-state index in [1.807, 2.05) is 12.1 Å². The van der Waals surface area contributed by atoms with Crippen LogP contribution in [0, 0.1) is 5.92 Å². The first-order chi connectivity index (χ1) is 13.1. The van der Waals surface area contributed by atoms with Crippen molar-refractivity contribution in [1.29, 1.82) is 0 Å². The van der Waals surface area contributed by atoms with Gasteiger partial charge in [0.2, 0.25) is 5.89 Å². The Bertz CT molecular complexity index is 715. The largest absolute Gasteiger partial charge is 0.497 e. The zero-order chi connectivity index (χ0) is 19.2. The summed E-state index contributed by atoms with van der Waals surface area (Å²) in [5.74, 6) is 3.25. The molecule has 1 saturated heterocycles. The Morgan fingerprint density at radius 3 is 2.59 bits per heavy atom. The van der Waals surface area contributed by atoms with Crippen molar-refractivity contribution in [2.45, 2.75) is 25.2 Å². The van der Waals surface area contributed by atoms with Gasteiger partial charge in [-0.05, 0) is 18.1 Å². The maximum Gasteiger partial charge on any atom is 0.276 e. The molecule has 8 heteroatoms. The molecular weight excluding hydrogens is 366 g/mol. The maximum absolute atomic E-state index is 5.88. The molecule has 0 aliphatic carbocycles. The predicted octanol–water partition coefficient (Wildman–Crippen LogP) is 3.20. The molecule has 0 radical (unpaired) electrons. The van der Waals surface area contributed by atoms with Crippen molar-refractivity contribution < 1.29 is 18.6 Å². The van der Waals surface area contributed by atoms with E-state index in [2.05, 4.69) is 28.9 Å². The number of hydrogen-bond acceptors (Lipinski definition) is 8. The lowest BCUT2D eigenvalue weighted by Gasteiger charge is -2.33. The number of thioether (sulfide) groups is 1. The number of rotatable bonds is 8. The first-order valence-corrected chi connectivity index (χ1v) is 10.1. The summed E-state index contributed by atoms with van der Waals surface area (Å²) in [6, 6.07) is 5.50. The predicted molar refractivity (Wildman–Crippen MR) is 105 cm³/mol. The number of ether oxygens (including phenoxy) is 3. The summed E-state index contributed by atoms with van der Waals surface area (Å²) in [4.78, 5) is 2.46. The van der Waals surface area contributed by atoms with Gasteiger partial charge in [-0.1, -0.05) is 25.6 Å². The molecule has 0 spiro atoms. The van der Waals surface area contributed by atoms with Crippen LogP contribution in [0.4, 0.5) is 0 Å². The minimum Gasteiger partial charge on any atom is -0.497 e. The van der Waals surface area contributed by atoms with E-state index in [0.717, 1.165) is 37.6 Å². The lowest BCUT2D eigenvalue weighted by molar-refractivity contribution is -0.0192. The van der Waals surface area contributed by atoms with Gasteiger partial charge in [0.15, 0.2) is 0 Å². The molecule has 7 nitrogen and oxygen atoms in total. The zero-order valence-electron chi connectivity index (χ0n) is 16.3. The molecule has 1 aliphatic rings. The van der Waals surface area contributed by atoms with E-state index in [1.54, 1.807) is 20.3 Å². The Labute approximate surface area is 164 Å². The Hall–Kier alpha value is -1.77. The molecule has 0 bridgehead atoms. The molecule has 27 heavy (non-hydrogen) atoms. The Kier molecular flexibility index (Phi) is 6.98. The SMILES string of the molecule is COc1cc(OC)cc(-c2nnc(SC[C@@H]3CN(CC(C)C)CCO3)o2)c1. The molecule has 1 fully saturated rings. The van der Waals surface area contributed by atoms with Gasteiger partial charge in [0.05, 0.1) is 26.9 Å². The summed E-state index contributed by atoms with van der Waals surface area (Å²) in [5, 5.41) is 8.84. The summed E-state index contributed by atoms with van der Waals surface area (Å²) in [6.07, 6.45) is 0.176. The van der Waals surface area contributed by atoms with Crippen molar-refractivity contribution in [2.75, 3.05) is 46.2 Å². The lowest BCUT2D eigenvalue weighted by atomic mass is 10.2. The van der Waals surface area contributed by atoms with Crippen LogP contribution in [0.5, 0.6) is 11.5 Å². The van der Waals surface area contributed by atoms with Crippen LogP contribution in [0.3, 0.4) is 0 Å². The van der Waals surface area contributed by atoms with E-state index in [0.29, 0.717) is 28.5 Å². The summed E-state index contributed by atoms with van der Waals surface area (Å²) in [5.41, 5.74) is 0.766. The highest BCUT2D eigenvalue weighted by Gasteiger charge is 2.22. The maximum atomic E-state index is 5.88. The van der Waals surface area contributed by atoms with Gasteiger partial charge in [-0.25, -0.2) is 0 Å². The van der Waals surface area contributed by atoms with Crippen molar-refractivity contribution in [1.82, 2.24) is 15.1 Å². The molecule has 1 atom stereocenters. The smallest absolute Gasteiger partial charge is 0.276 e. The average molecular weight is 394 g/mol. The van der Waals surface area contributed by atoms with Gasteiger partial charge in [-0.3, -0.25) is 4.90 Å². The molecule has 3 rings (SSSR count). The fraction of sp³-hybridized carbons (Fsp3) is 0.579. The van der Waals surface area contributed by atoms with Crippen LogP contribution in [0.1, 0.15) is 13.8 Å². The molecular formula is C19H27N3O4S. The first-order valence-electron chi connectivity index (χ1n) is 9.11. The van der Waals surface area contributed by atoms with Gasteiger partial charge in [0.25, 0.3) is 5.22 Å². The molecule has 0 unspecified atom stereocenters. The van der Waals surface area contributed by atoms with Gasteiger partial charge < -0.3 is 18.6 Å². The Balaban J connectivity index is 1.60. The second-order valence-corrected chi connectivity index (χ2v) is 7.90. The van der Waals surface area contributed by atoms with Gasteiger partial charge in [-0.15, -0.1) is 10.2 Å². The molecule has 1 aromatic carbocycles. The molecule has 1 aromatic heterocycles. The standard InChI is InChI=1S/C19H27N3O4S/c1-13(2)10-22-5-6-25-17(11-22)12-27-19-21-20-18(26-19)14-7-15(23-3)9-16(8-14)24-4/h7-9,13,17H,5-6,10-12H2,1-4H3/t17-/m0/s1. The minimum absolute atomic E-state index is 0.176. The van der Waals surface area contributed by atoms with Gasteiger partial charge in [-0.2, -0.15) is 0 Å². The topological polar surface area (TPSA) is 69.9 Å². The summed E-state index contributed by atoms with van der Waals surface area (Å²) < 4.78 is 22.3. The molecule has 2 heterocycles. The van der Waals surface area contributed by atoms with Gasteiger partial charge >= 0.3 is 0 Å². The van der Waals surface area contributed by atoms with Crippen LogP contribution in [-0.4, -0.2) is 67.4 Å². The zero-order valence-corrected chi connectivity index (χ0v) is 17.1. The fourth-order valence-electron chi connectivity index (χ4n) is 3.04.